The maximum Gasteiger partial charge on any atom is 0.134 e. The SMILES string of the molecule is CN(c1ccc(O)cc1)c1cc2c(cn1)ncn2C.CN(c1ccc(OCc2ccccc2)cc1)c1cc2c(cn1)ncn2C. The van der Waals surface area contributed by atoms with Crippen LogP contribution in [0.5, 0.6) is 11.5 Å². The molecule has 7 rings (SSSR count). The number of anilines is 4. The molecule has 0 aliphatic heterocycles. The van der Waals surface area contributed by atoms with Crippen LogP contribution in [0.25, 0.3) is 22.1 Å². The van der Waals surface area contributed by atoms with Crippen molar-refractivity contribution in [3.05, 3.63) is 122 Å². The van der Waals surface area contributed by atoms with Crippen molar-refractivity contribution >= 4 is 45.1 Å². The van der Waals surface area contributed by atoms with E-state index in [1.807, 2.05) is 114 Å². The Kier molecular flexibility index (Phi) is 8.28. The molecular formula is C35H34N8O2. The second-order valence-corrected chi connectivity index (χ2v) is 10.7. The molecule has 0 radical (unpaired) electrons. The highest BCUT2D eigenvalue weighted by Gasteiger charge is 2.10. The van der Waals surface area contributed by atoms with E-state index in [1.54, 1.807) is 37.2 Å². The maximum absolute atomic E-state index is 9.31. The van der Waals surface area contributed by atoms with Crippen molar-refractivity contribution in [1.82, 2.24) is 29.1 Å². The van der Waals surface area contributed by atoms with Crippen molar-refractivity contribution in [2.24, 2.45) is 14.1 Å². The zero-order valence-corrected chi connectivity index (χ0v) is 25.6. The first-order chi connectivity index (χ1) is 21.9. The number of rotatable bonds is 7. The van der Waals surface area contributed by atoms with Gasteiger partial charge in [-0.2, -0.15) is 0 Å². The zero-order chi connectivity index (χ0) is 31.3. The van der Waals surface area contributed by atoms with Crippen LogP contribution in [0.2, 0.25) is 0 Å². The minimum atomic E-state index is 0.257. The van der Waals surface area contributed by atoms with Gasteiger partial charge in [0.1, 0.15) is 40.8 Å². The number of hydrogen-bond acceptors (Lipinski definition) is 8. The number of nitrogens with zero attached hydrogens (tertiary/aromatic N) is 8. The van der Waals surface area contributed by atoms with Crippen LogP contribution >= 0.6 is 0 Å². The lowest BCUT2D eigenvalue weighted by Crippen LogP contribution is -2.11. The second kappa shape index (κ2) is 12.8. The summed E-state index contributed by atoms with van der Waals surface area (Å²) in [5, 5.41) is 9.31. The summed E-state index contributed by atoms with van der Waals surface area (Å²) in [7, 11) is 7.89. The molecule has 10 heteroatoms. The van der Waals surface area contributed by atoms with Crippen molar-refractivity contribution in [3.8, 4) is 11.5 Å². The van der Waals surface area contributed by atoms with Gasteiger partial charge < -0.3 is 28.8 Å². The van der Waals surface area contributed by atoms with Gasteiger partial charge in [-0.1, -0.05) is 30.3 Å². The fourth-order valence-corrected chi connectivity index (χ4v) is 4.85. The number of aromatic nitrogens is 6. The van der Waals surface area contributed by atoms with Gasteiger partial charge >= 0.3 is 0 Å². The van der Waals surface area contributed by atoms with E-state index in [4.69, 9.17) is 4.74 Å². The Labute approximate surface area is 261 Å². The van der Waals surface area contributed by atoms with E-state index in [2.05, 4.69) is 32.1 Å². The van der Waals surface area contributed by atoms with E-state index < -0.39 is 0 Å². The first-order valence-corrected chi connectivity index (χ1v) is 14.4. The second-order valence-electron chi connectivity index (χ2n) is 10.7. The Morgan fingerprint density at radius 2 is 1.13 bits per heavy atom. The molecule has 45 heavy (non-hydrogen) atoms. The number of benzene rings is 3. The molecule has 0 amide bonds. The van der Waals surface area contributed by atoms with Gasteiger partial charge in [0.15, 0.2) is 0 Å². The molecule has 0 fully saturated rings. The van der Waals surface area contributed by atoms with Crippen molar-refractivity contribution < 1.29 is 9.84 Å². The van der Waals surface area contributed by atoms with Crippen LogP contribution in [0.1, 0.15) is 5.56 Å². The quantitative estimate of drug-likeness (QED) is 0.215. The van der Waals surface area contributed by atoms with Gasteiger partial charge in [-0.05, 0) is 54.1 Å². The standard InChI is InChI=1S/C21H20N4O.C14H14N4O/c1-24-15-23-19-13-22-21(12-20(19)24)25(2)17-8-10-18(11-9-17)26-14-16-6-4-3-5-7-16;1-17-9-16-12-8-15-14(7-13(12)17)18(2)10-3-5-11(19)6-4-10/h3-13,15H,14H2,1-2H3;3-9,19H,1-2H3. The first kappa shape index (κ1) is 29.2. The molecule has 10 nitrogen and oxygen atoms in total. The molecule has 4 aromatic heterocycles. The summed E-state index contributed by atoms with van der Waals surface area (Å²) in [4.78, 5) is 21.5. The fourth-order valence-electron chi connectivity index (χ4n) is 4.85. The number of hydrogen-bond donors (Lipinski definition) is 1. The number of ether oxygens (including phenoxy) is 1. The topological polar surface area (TPSA) is 97.4 Å². The van der Waals surface area contributed by atoms with Crippen LogP contribution in [-0.2, 0) is 20.7 Å². The fraction of sp³-hybridized carbons (Fsp3) is 0.143. The van der Waals surface area contributed by atoms with Crippen molar-refractivity contribution in [2.75, 3.05) is 23.9 Å². The molecule has 0 spiro atoms. The molecule has 7 aromatic rings. The smallest absolute Gasteiger partial charge is 0.134 e. The predicted molar refractivity (Wildman–Crippen MR) is 178 cm³/mol. The van der Waals surface area contributed by atoms with E-state index in [0.717, 1.165) is 56.4 Å². The number of phenolic OH excluding ortho intramolecular Hbond substituents is 1. The van der Waals surface area contributed by atoms with E-state index in [9.17, 15) is 5.11 Å². The molecule has 4 heterocycles. The average Bonchev–Trinajstić information content (AvgIpc) is 3.65. The van der Waals surface area contributed by atoms with E-state index in [-0.39, 0.29) is 5.75 Å². The van der Waals surface area contributed by atoms with Crippen LogP contribution in [0.15, 0.2) is 116 Å². The number of aryl methyl sites for hydroxylation is 2. The van der Waals surface area contributed by atoms with E-state index in [0.29, 0.717) is 6.61 Å². The molecular weight excluding hydrogens is 564 g/mol. The van der Waals surface area contributed by atoms with Crippen molar-refractivity contribution in [3.63, 3.8) is 0 Å². The molecule has 0 unspecified atom stereocenters. The summed E-state index contributed by atoms with van der Waals surface area (Å²) in [6.45, 7) is 0.564. The summed E-state index contributed by atoms with van der Waals surface area (Å²) in [6.07, 6.45) is 7.14. The van der Waals surface area contributed by atoms with Gasteiger partial charge in [-0.25, -0.2) is 19.9 Å². The third-order valence-electron chi connectivity index (χ3n) is 7.59. The van der Waals surface area contributed by atoms with E-state index >= 15 is 0 Å². The van der Waals surface area contributed by atoms with Gasteiger partial charge in [0.05, 0.1) is 36.1 Å². The average molecular weight is 599 g/mol. The third-order valence-corrected chi connectivity index (χ3v) is 7.59. The van der Waals surface area contributed by atoms with Gasteiger partial charge in [0, 0.05) is 51.7 Å². The zero-order valence-electron chi connectivity index (χ0n) is 25.6. The highest BCUT2D eigenvalue weighted by Crippen LogP contribution is 2.27. The molecule has 0 aliphatic rings. The molecule has 3 aromatic carbocycles. The van der Waals surface area contributed by atoms with Crippen LogP contribution in [0.3, 0.4) is 0 Å². The van der Waals surface area contributed by atoms with Gasteiger partial charge in [0.2, 0.25) is 0 Å². The minimum absolute atomic E-state index is 0.257. The van der Waals surface area contributed by atoms with Crippen molar-refractivity contribution in [1.29, 1.82) is 0 Å². The lowest BCUT2D eigenvalue weighted by atomic mass is 10.2. The summed E-state index contributed by atoms with van der Waals surface area (Å²) in [5.41, 5.74) is 7.04. The number of imidazole rings is 2. The number of pyridine rings is 2. The molecule has 0 saturated heterocycles. The van der Waals surface area contributed by atoms with Gasteiger partial charge in [0.25, 0.3) is 0 Å². The molecule has 226 valence electrons. The Balaban J connectivity index is 0.000000167. The number of phenols is 1. The summed E-state index contributed by atoms with van der Waals surface area (Å²) < 4.78 is 9.81. The van der Waals surface area contributed by atoms with Crippen LogP contribution in [0, 0.1) is 0 Å². The highest BCUT2D eigenvalue weighted by molar-refractivity contribution is 5.79. The minimum Gasteiger partial charge on any atom is -0.508 e. The lowest BCUT2D eigenvalue weighted by molar-refractivity contribution is 0.306. The Morgan fingerprint density at radius 1 is 0.644 bits per heavy atom. The summed E-state index contributed by atoms with van der Waals surface area (Å²) in [5.74, 6) is 2.81. The van der Waals surface area contributed by atoms with Gasteiger partial charge in [-0.3, -0.25) is 0 Å². The Morgan fingerprint density at radius 3 is 1.64 bits per heavy atom. The van der Waals surface area contributed by atoms with Crippen molar-refractivity contribution in [2.45, 2.75) is 6.61 Å². The highest BCUT2D eigenvalue weighted by atomic mass is 16.5. The van der Waals surface area contributed by atoms with Crippen LogP contribution in [-0.4, -0.2) is 48.3 Å². The molecule has 0 saturated carbocycles. The predicted octanol–water partition coefficient (Wildman–Crippen LogP) is 6.76. The van der Waals surface area contributed by atoms with Crippen LogP contribution in [0.4, 0.5) is 23.0 Å². The lowest BCUT2D eigenvalue weighted by Gasteiger charge is -2.19. The summed E-state index contributed by atoms with van der Waals surface area (Å²) >= 11 is 0. The normalized spacial score (nSPS) is 10.8. The summed E-state index contributed by atoms with van der Waals surface area (Å²) in [6, 6.07) is 29.3. The monoisotopic (exact) mass is 598 g/mol. The first-order valence-electron chi connectivity index (χ1n) is 14.4. The van der Waals surface area contributed by atoms with E-state index in [1.165, 1.54) is 0 Å². The maximum atomic E-state index is 9.31. The molecule has 0 atom stereocenters. The molecule has 0 aliphatic carbocycles. The Hall–Kier alpha value is -5.90. The third kappa shape index (κ3) is 6.54. The largest absolute Gasteiger partial charge is 0.508 e. The van der Waals surface area contributed by atoms with Crippen LogP contribution < -0.4 is 14.5 Å². The van der Waals surface area contributed by atoms with Gasteiger partial charge in [-0.15, -0.1) is 0 Å². The Bertz CT molecular complexity index is 2020. The molecule has 0 bridgehead atoms. The number of fused-ring (bicyclic) bond motifs is 2. The molecule has 1 N–H and O–H groups in total. The number of aromatic hydroxyl groups is 1.